The summed E-state index contributed by atoms with van der Waals surface area (Å²) in [6, 6.07) is 8.27. The molecule has 2 rings (SSSR count). The van der Waals surface area contributed by atoms with Gasteiger partial charge >= 0.3 is 0 Å². The van der Waals surface area contributed by atoms with E-state index in [1.54, 1.807) is 18.4 Å². The van der Waals surface area contributed by atoms with Gasteiger partial charge in [-0.25, -0.2) is 0 Å². The number of ether oxygens (including phenoxy) is 1. The first kappa shape index (κ1) is 13.1. The van der Waals surface area contributed by atoms with E-state index in [9.17, 15) is 0 Å². The van der Waals surface area contributed by atoms with Crippen LogP contribution in [0.3, 0.4) is 0 Å². The maximum Gasteiger partial charge on any atom is 0.118 e. The number of hydrogen-bond acceptors (Lipinski definition) is 3. The summed E-state index contributed by atoms with van der Waals surface area (Å²) in [6.45, 7) is 4.13. The normalized spacial score (nSPS) is 10.6. The van der Waals surface area contributed by atoms with Gasteiger partial charge < -0.3 is 10.1 Å². The van der Waals surface area contributed by atoms with Crippen molar-refractivity contribution in [1.29, 1.82) is 0 Å². The zero-order valence-corrected chi connectivity index (χ0v) is 11.7. The van der Waals surface area contributed by atoms with Crippen LogP contribution in [0.2, 0.25) is 0 Å². The summed E-state index contributed by atoms with van der Waals surface area (Å²) < 4.78 is 5.14. The van der Waals surface area contributed by atoms with Crippen LogP contribution in [0.15, 0.2) is 35.0 Å². The van der Waals surface area contributed by atoms with Crippen LogP contribution in [0.5, 0.6) is 5.75 Å². The second-order valence-corrected chi connectivity index (χ2v) is 5.10. The Hall–Kier alpha value is -1.32. The lowest BCUT2D eigenvalue weighted by Gasteiger charge is -2.06. The molecule has 0 aliphatic rings. The lowest BCUT2D eigenvalue weighted by molar-refractivity contribution is 0.414. The van der Waals surface area contributed by atoms with E-state index in [0.717, 1.165) is 25.3 Å². The Balaban J connectivity index is 1.73. The Kier molecular flexibility index (Phi) is 4.79. The number of methoxy groups -OCH3 is 1. The lowest BCUT2D eigenvalue weighted by Crippen LogP contribution is -2.16. The zero-order chi connectivity index (χ0) is 12.8. The van der Waals surface area contributed by atoms with Gasteiger partial charge in [0.25, 0.3) is 0 Å². The number of thiophene rings is 1. The highest BCUT2D eigenvalue weighted by atomic mass is 32.1. The number of benzene rings is 1. The predicted octanol–water partition coefficient (Wildman–Crippen LogP) is 3.40. The van der Waals surface area contributed by atoms with Crippen molar-refractivity contribution >= 4 is 11.3 Å². The van der Waals surface area contributed by atoms with E-state index in [0.29, 0.717) is 0 Å². The summed E-state index contributed by atoms with van der Waals surface area (Å²) in [6.07, 6.45) is 1.05. The fraction of sp³-hybridized carbons (Fsp3) is 0.333. The van der Waals surface area contributed by atoms with Crippen molar-refractivity contribution in [2.24, 2.45) is 0 Å². The molecule has 1 aromatic carbocycles. The minimum Gasteiger partial charge on any atom is -0.497 e. The fourth-order valence-corrected chi connectivity index (χ4v) is 2.67. The third-order valence-corrected chi connectivity index (χ3v) is 3.94. The molecule has 1 aromatic heterocycles. The van der Waals surface area contributed by atoms with Gasteiger partial charge in [-0.1, -0.05) is 12.1 Å². The number of hydrogen-bond donors (Lipinski definition) is 1. The van der Waals surface area contributed by atoms with Crippen molar-refractivity contribution in [2.45, 2.75) is 19.9 Å². The Labute approximate surface area is 113 Å². The Bertz CT molecular complexity index is 475. The molecule has 0 aliphatic carbocycles. The summed E-state index contributed by atoms with van der Waals surface area (Å²) in [5.41, 5.74) is 4.14. The Morgan fingerprint density at radius 1 is 1.17 bits per heavy atom. The van der Waals surface area contributed by atoms with Crippen LogP contribution < -0.4 is 10.1 Å². The number of nitrogens with one attached hydrogen (secondary N) is 1. The first-order valence-electron chi connectivity index (χ1n) is 6.15. The lowest BCUT2D eigenvalue weighted by atomic mass is 10.1. The topological polar surface area (TPSA) is 21.3 Å². The smallest absolute Gasteiger partial charge is 0.118 e. The first-order valence-corrected chi connectivity index (χ1v) is 7.09. The second kappa shape index (κ2) is 6.57. The maximum absolute atomic E-state index is 5.14. The van der Waals surface area contributed by atoms with Crippen molar-refractivity contribution in [3.8, 4) is 5.75 Å². The van der Waals surface area contributed by atoms with E-state index in [-0.39, 0.29) is 0 Å². The summed E-state index contributed by atoms with van der Waals surface area (Å²) >= 11 is 1.77. The molecule has 1 N–H and O–H groups in total. The molecule has 0 saturated heterocycles. The van der Waals surface area contributed by atoms with Crippen LogP contribution in [0.1, 0.15) is 16.7 Å². The van der Waals surface area contributed by atoms with Crippen LogP contribution >= 0.6 is 11.3 Å². The van der Waals surface area contributed by atoms with E-state index in [2.05, 4.69) is 35.1 Å². The molecule has 0 bridgehead atoms. The van der Waals surface area contributed by atoms with E-state index in [1.165, 1.54) is 16.7 Å². The molecule has 0 atom stereocenters. The summed E-state index contributed by atoms with van der Waals surface area (Å²) in [7, 11) is 1.69. The molecule has 0 saturated carbocycles. The van der Waals surface area contributed by atoms with Gasteiger partial charge in [-0.05, 0) is 59.5 Å². The van der Waals surface area contributed by atoms with Crippen molar-refractivity contribution < 1.29 is 4.74 Å². The van der Waals surface area contributed by atoms with E-state index in [1.807, 2.05) is 12.1 Å². The van der Waals surface area contributed by atoms with Crippen LogP contribution in [-0.2, 0) is 13.0 Å². The first-order chi connectivity index (χ1) is 8.79. The molecule has 18 heavy (non-hydrogen) atoms. The zero-order valence-electron chi connectivity index (χ0n) is 10.9. The van der Waals surface area contributed by atoms with Crippen molar-refractivity contribution in [2.75, 3.05) is 13.7 Å². The quantitative estimate of drug-likeness (QED) is 0.805. The highest BCUT2D eigenvalue weighted by molar-refractivity contribution is 7.08. The van der Waals surface area contributed by atoms with Crippen LogP contribution in [0.4, 0.5) is 0 Å². The number of aryl methyl sites for hydroxylation is 1. The van der Waals surface area contributed by atoms with Gasteiger partial charge in [0.05, 0.1) is 7.11 Å². The molecule has 3 heteroatoms. The Morgan fingerprint density at radius 2 is 1.94 bits per heavy atom. The highest BCUT2D eigenvalue weighted by Gasteiger charge is 1.99. The number of rotatable bonds is 6. The molecule has 1 heterocycles. The molecule has 2 aromatic rings. The average molecular weight is 261 g/mol. The highest BCUT2D eigenvalue weighted by Crippen LogP contribution is 2.13. The maximum atomic E-state index is 5.14. The molecular formula is C15H19NOS. The second-order valence-electron chi connectivity index (χ2n) is 4.35. The minimum absolute atomic E-state index is 0.917. The van der Waals surface area contributed by atoms with Crippen molar-refractivity contribution in [3.05, 3.63) is 51.7 Å². The van der Waals surface area contributed by atoms with Gasteiger partial charge in [0.1, 0.15) is 5.75 Å². The van der Waals surface area contributed by atoms with Gasteiger partial charge in [0.2, 0.25) is 0 Å². The average Bonchev–Trinajstić information content (AvgIpc) is 2.81. The van der Waals surface area contributed by atoms with Gasteiger partial charge in [0.15, 0.2) is 0 Å². The predicted molar refractivity (Wildman–Crippen MR) is 77.5 cm³/mol. The third kappa shape index (κ3) is 3.59. The summed E-state index contributed by atoms with van der Waals surface area (Å²) in [5.74, 6) is 0.917. The van der Waals surface area contributed by atoms with E-state index in [4.69, 9.17) is 4.74 Å². The monoisotopic (exact) mass is 261 g/mol. The van der Waals surface area contributed by atoms with Gasteiger partial charge in [-0.2, -0.15) is 11.3 Å². The van der Waals surface area contributed by atoms with Crippen LogP contribution in [0.25, 0.3) is 0 Å². The Morgan fingerprint density at radius 3 is 2.56 bits per heavy atom. The van der Waals surface area contributed by atoms with Crippen molar-refractivity contribution in [3.63, 3.8) is 0 Å². The molecule has 0 unspecified atom stereocenters. The molecule has 0 aliphatic heterocycles. The van der Waals surface area contributed by atoms with Gasteiger partial charge in [0, 0.05) is 6.54 Å². The molecular weight excluding hydrogens is 242 g/mol. The van der Waals surface area contributed by atoms with E-state index < -0.39 is 0 Å². The SMILES string of the molecule is COc1ccc(CCNCc2cscc2C)cc1. The molecule has 0 amide bonds. The molecule has 2 nitrogen and oxygen atoms in total. The van der Waals surface area contributed by atoms with Gasteiger partial charge in [-0.15, -0.1) is 0 Å². The molecule has 0 spiro atoms. The largest absolute Gasteiger partial charge is 0.497 e. The molecule has 0 fully saturated rings. The third-order valence-electron chi connectivity index (χ3n) is 3.03. The van der Waals surface area contributed by atoms with Crippen LogP contribution in [-0.4, -0.2) is 13.7 Å². The standard InChI is InChI=1S/C15H19NOS/c1-12-10-18-11-14(12)9-16-8-7-13-3-5-15(17-2)6-4-13/h3-6,10-11,16H,7-9H2,1-2H3. The fourth-order valence-electron chi connectivity index (χ4n) is 1.82. The minimum atomic E-state index is 0.917. The molecule has 0 radical (unpaired) electrons. The van der Waals surface area contributed by atoms with Crippen molar-refractivity contribution in [1.82, 2.24) is 5.32 Å². The van der Waals surface area contributed by atoms with Gasteiger partial charge in [-0.3, -0.25) is 0 Å². The van der Waals surface area contributed by atoms with Crippen LogP contribution in [0, 0.1) is 6.92 Å². The molecule has 96 valence electrons. The summed E-state index contributed by atoms with van der Waals surface area (Å²) in [5, 5.41) is 7.89. The van der Waals surface area contributed by atoms with E-state index >= 15 is 0 Å². The summed E-state index contributed by atoms with van der Waals surface area (Å²) in [4.78, 5) is 0.